The summed E-state index contributed by atoms with van der Waals surface area (Å²) in [5.74, 6) is 0.614. The van der Waals surface area contributed by atoms with E-state index in [-0.39, 0.29) is 0 Å². The van der Waals surface area contributed by atoms with E-state index in [0.717, 1.165) is 12.2 Å². The average Bonchev–Trinajstić information content (AvgIpc) is 2.75. The third-order valence-corrected chi connectivity index (χ3v) is 2.79. The van der Waals surface area contributed by atoms with Crippen LogP contribution in [0.3, 0.4) is 0 Å². The SMILES string of the molecule is CN(Cc1ccsc1)c1cn[nH]c1N. The predicted octanol–water partition coefficient (Wildman–Crippen LogP) is 1.69. The van der Waals surface area contributed by atoms with Gasteiger partial charge in [0.1, 0.15) is 5.82 Å². The van der Waals surface area contributed by atoms with Crippen molar-refractivity contribution in [1.82, 2.24) is 10.2 Å². The Morgan fingerprint density at radius 3 is 3.07 bits per heavy atom. The van der Waals surface area contributed by atoms with Crippen molar-refractivity contribution in [1.29, 1.82) is 0 Å². The van der Waals surface area contributed by atoms with Crippen molar-refractivity contribution in [2.45, 2.75) is 6.54 Å². The number of nitrogens with one attached hydrogen (secondary N) is 1. The molecule has 0 fully saturated rings. The van der Waals surface area contributed by atoms with Crippen LogP contribution in [-0.4, -0.2) is 17.2 Å². The molecule has 0 amide bonds. The highest BCUT2D eigenvalue weighted by atomic mass is 32.1. The fourth-order valence-electron chi connectivity index (χ4n) is 1.34. The Morgan fingerprint density at radius 2 is 2.50 bits per heavy atom. The van der Waals surface area contributed by atoms with Crippen molar-refractivity contribution in [3.05, 3.63) is 28.6 Å². The maximum Gasteiger partial charge on any atom is 0.142 e. The third-order valence-electron chi connectivity index (χ3n) is 2.06. The van der Waals surface area contributed by atoms with E-state index in [1.807, 2.05) is 7.05 Å². The lowest BCUT2D eigenvalue weighted by Crippen LogP contribution is -2.16. The highest BCUT2D eigenvalue weighted by Gasteiger charge is 2.07. The molecule has 3 N–H and O–H groups in total. The number of hydrogen-bond acceptors (Lipinski definition) is 4. The zero-order valence-electron chi connectivity index (χ0n) is 7.90. The van der Waals surface area contributed by atoms with Gasteiger partial charge in [-0.1, -0.05) is 0 Å². The van der Waals surface area contributed by atoms with Gasteiger partial charge in [0.2, 0.25) is 0 Å². The van der Waals surface area contributed by atoms with Gasteiger partial charge in [-0.3, -0.25) is 5.10 Å². The minimum atomic E-state index is 0.614. The van der Waals surface area contributed by atoms with Gasteiger partial charge < -0.3 is 10.6 Å². The maximum atomic E-state index is 5.71. The molecule has 0 radical (unpaired) electrons. The van der Waals surface area contributed by atoms with Gasteiger partial charge in [0, 0.05) is 13.6 Å². The number of anilines is 2. The van der Waals surface area contributed by atoms with E-state index in [4.69, 9.17) is 5.73 Å². The molecule has 0 spiro atoms. The minimum Gasteiger partial charge on any atom is -0.382 e. The van der Waals surface area contributed by atoms with E-state index < -0.39 is 0 Å². The van der Waals surface area contributed by atoms with E-state index in [1.54, 1.807) is 17.5 Å². The first-order valence-electron chi connectivity index (χ1n) is 4.28. The Morgan fingerprint density at radius 1 is 1.64 bits per heavy atom. The standard InChI is InChI=1S/C9H12N4S/c1-13(5-7-2-3-14-6-7)8-4-11-12-9(8)10/h2-4,6H,5H2,1H3,(H3,10,11,12). The Bertz CT molecular complexity index is 393. The van der Waals surface area contributed by atoms with Crippen LogP contribution >= 0.6 is 11.3 Å². The number of hydrogen-bond donors (Lipinski definition) is 2. The Balaban J connectivity index is 2.10. The van der Waals surface area contributed by atoms with Gasteiger partial charge >= 0.3 is 0 Å². The molecule has 0 saturated carbocycles. The van der Waals surface area contributed by atoms with E-state index in [0.29, 0.717) is 5.82 Å². The number of nitrogens with zero attached hydrogens (tertiary/aromatic N) is 2. The first-order chi connectivity index (χ1) is 6.77. The minimum absolute atomic E-state index is 0.614. The van der Waals surface area contributed by atoms with Crippen molar-refractivity contribution in [2.75, 3.05) is 17.7 Å². The van der Waals surface area contributed by atoms with Crippen LogP contribution in [0.25, 0.3) is 0 Å². The predicted molar refractivity (Wildman–Crippen MR) is 59.4 cm³/mol. The second-order valence-corrected chi connectivity index (χ2v) is 3.94. The lowest BCUT2D eigenvalue weighted by atomic mass is 10.3. The van der Waals surface area contributed by atoms with Crippen LogP contribution in [0.5, 0.6) is 0 Å². The largest absolute Gasteiger partial charge is 0.382 e. The van der Waals surface area contributed by atoms with E-state index >= 15 is 0 Å². The molecule has 0 bridgehead atoms. The van der Waals surface area contributed by atoms with Crippen LogP contribution < -0.4 is 10.6 Å². The molecule has 0 saturated heterocycles. The molecule has 4 nitrogen and oxygen atoms in total. The summed E-state index contributed by atoms with van der Waals surface area (Å²) in [5.41, 5.74) is 7.94. The fraction of sp³-hybridized carbons (Fsp3) is 0.222. The van der Waals surface area contributed by atoms with Gasteiger partial charge in [-0.15, -0.1) is 0 Å². The summed E-state index contributed by atoms with van der Waals surface area (Å²) in [7, 11) is 2.00. The molecular formula is C9H12N4S. The van der Waals surface area contributed by atoms with Crippen LogP contribution in [0.1, 0.15) is 5.56 Å². The quantitative estimate of drug-likeness (QED) is 0.807. The number of aromatic amines is 1. The monoisotopic (exact) mass is 208 g/mol. The molecule has 5 heteroatoms. The van der Waals surface area contributed by atoms with Gasteiger partial charge in [0.25, 0.3) is 0 Å². The van der Waals surface area contributed by atoms with Gasteiger partial charge in [0.05, 0.1) is 11.9 Å². The number of nitrogen functional groups attached to an aromatic ring is 1. The van der Waals surface area contributed by atoms with Crippen molar-refractivity contribution in [2.24, 2.45) is 0 Å². The van der Waals surface area contributed by atoms with Gasteiger partial charge in [0.15, 0.2) is 0 Å². The van der Waals surface area contributed by atoms with Crippen LogP contribution in [0.15, 0.2) is 23.0 Å². The molecule has 2 heterocycles. The van der Waals surface area contributed by atoms with E-state index in [1.165, 1.54) is 5.56 Å². The fourth-order valence-corrected chi connectivity index (χ4v) is 2.00. The number of H-pyrrole nitrogens is 1. The number of rotatable bonds is 3. The molecule has 0 aliphatic rings. The van der Waals surface area contributed by atoms with E-state index in [2.05, 4.69) is 31.9 Å². The first kappa shape index (κ1) is 9.08. The van der Waals surface area contributed by atoms with Crippen molar-refractivity contribution >= 4 is 22.8 Å². The summed E-state index contributed by atoms with van der Waals surface area (Å²) in [6, 6.07) is 2.11. The molecule has 0 aromatic carbocycles. The zero-order valence-corrected chi connectivity index (χ0v) is 8.71. The normalized spacial score (nSPS) is 10.4. The highest BCUT2D eigenvalue weighted by Crippen LogP contribution is 2.20. The maximum absolute atomic E-state index is 5.71. The number of thiophene rings is 1. The Labute approximate surface area is 86.4 Å². The first-order valence-corrected chi connectivity index (χ1v) is 5.22. The van der Waals surface area contributed by atoms with Crippen molar-refractivity contribution in [3.8, 4) is 0 Å². The molecule has 14 heavy (non-hydrogen) atoms. The summed E-state index contributed by atoms with van der Waals surface area (Å²) in [6.07, 6.45) is 1.74. The van der Waals surface area contributed by atoms with Crippen LogP contribution in [0.2, 0.25) is 0 Å². The Kier molecular flexibility index (Phi) is 2.41. The van der Waals surface area contributed by atoms with Gasteiger partial charge in [-0.25, -0.2) is 0 Å². The molecule has 2 rings (SSSR count). The van der Waals surface area contributed by atoms with Crippen molar-refractivity contribution in [3.63, 3.8) is 0 Å². The molecule has 0 aliphatic heterocycles. The van der Waals surface area contributed by atoms with Crippen LogP contribution in [0, 0.1) is 0 Å². The highest BCUT2D eigenvalue weighted by molar-refractivity contribution is 7.07. The van der Waals surface area contributed by atoms with Gasteiger partial charge in [-0.05, 0) is 22.4 Å². The second kappa shape index (κ2) is 3.71. The topological polar surface area (TPSA) is 57.9 Å². The summed E-state index contributed by atoms with van der Waals surface area (Å²) >= 11 is 1.70. The molecule has 0 atom stereocenters. The summed E-state index contributed by atoms with van der Waals surface area (Å²) < 4.78 is 0. The van der Waals surface area contributed by atoms with Gasteiger partial charge in [-0.2, -0.15) is 16.4 Å². The average molecular weight is 208 g/mol. The van der Waals surface area contributed by atoms with Crippen LogP contribution in [0.4, 0.5) is 11.5 Å². The van der Waals surface area contributed by atoms with E-state index in [9.17, 15) is 0 Å². The molecule has 2 aromatic rings. The Hall–Kier alpha value is -1.49. The molecule has 0 aliphatic carbocycles. The second-order valence-electron chi connectivity index (χ2n) is 3.16. The lowest BCUT2D eigenvalue weighted by molar-refractivity contribution is 0.930. The summed E-state index contributed by atoms with van der Waals surface area (Å²) in [4.78, 5) is 2.07. The smallest absolute Gasteiger partial charge is 0.142 e. The summed E-state index contributed by atoms with van der Waals surface area (Å²) in [6.45, 7) is 0.854. The molecule has 0 unspecified atom stereocenters. The number of aromatic nitrogens is 2. The summed E-state index contributed by atoms with van der Waals surface area (Å²) in [5, 5.41) is 10.8. The lowest BCUT2D eigenvalue weighted by Gasteiger charge is -2.16. The van der Waals surface area contributed by atoms with Crippen LogP contribution in [-0.2, 0) is 6.54 Å². The molecular weight excluding hydrogens is 196 g/mol. The molecule has 2 aromatic heterocycles. The zero-order chi connectivity index (χ0) is 9.97. The third kappa shape index (κ3) is 1.72. The number of nitrogens with two attached hydrogens (primary N) is 1. The molecule has 74 valence electrons. The van der Waals surface area contributed by atoms with Crippen molar-refractivity contribution < 1.29 is 0 Å².